The fraction of sp³-hybridized carbons (Fsp3) is 1.00. The highest BCUT2D eigenvalue weighted by Crippen LogP contribution is 2.09. The topological polar surface area (TPSA) is 78.4 Å². The molecule has 0 amide bonds. The van der Waals surface area contributed by atoms with Gasteiger partial charge in [0.05, 0.1) is 5.75 Å². The highest BCUT2D eigenvalue weighted by Gasteiger charge is 2.23. The number of hydrazine groups is 1. The molecule has 0 rings (SSSR count). The molecule has 0 aromatic carbocycles. The smallest absolute Gasteiger partial charge is 0.140 e. The minimum Gasteiger partial charge on any atom is -0.375 e. The van der Waals surface area contributed by atoms with E-state index in [2.05, 4.69) is 10.9 Å². The Labute approximate surface area is 80.5 Å². The Morgan fingerprint density at radius 3 is 2.38 bits per heavy atom. The Morgan fingerprint density at radius 2 is 2.00 bits per heavy atom. The van der Waals surface area contributed by atoms with E-state index in [0.29, 0.717) is 13.0 Å². The van der Waals surface area contributed by atoms with E-state index in [4.69, 9.17) is 0 Å². The van der Waals surface area contributed by atoms with Crippen LogP contribution in [0, 0.1) is 0 Å². The molecule has 1 unspecified atom stereocenters. The summed E-state index contributed by atoms with van der Waals surface area (Å²) in [6, 6.07) is 0. The lowest BCUT2D eigenvalue weighted by atomic mass is 10.1. The molecule has 0 aromatic rings. The second-order valence-corrected chi connectivity index (χ2v) is 3.96. The van der Waals surface area contributed by atoms with Crippen molar-refractivity contribution < 1.29 is 13.5 Å². The Kier molecular flexibility index (Phi) is 6.23. The largest absolute Gasteiger partial charge is 0.375 e. The van der Waals surface area contributed by atoms with E-state index in [-0.39, 0.29) is 12.2 Å². The van der Waals surface area contributed by atoms with Crippen LogP contribution in [0.4, 0.5) is 0 Å². The minimum absolute atomic E-state index is 0.00192. The zero-order chi connectivity index (χ0) is 10.3. The summed E-state index contributed by atoms with van der Waals surface area (Å²) in [6.07, 6.45) is 0.665. The van der Waals surface area contributed by atoms with Crippen LogP contribution >= 0.6 is 0 Å². The van der Waals surface area contributed by atoms with E-state index in [1.807, 2.05) is 6.92 Å². The predicted octanol–water partition coefficient (Wildman–Crippen LogP) is -0.799. The van der Waals surface area contributed by atoms with Crippen molar-refractivity contribution in [3.05, 3.63) is 0 Å². The molecule has 6 heteroatoms. The van der Waals surface area contributed by atoms with Crippen LogP contribution in [0.15, 0.2) is 0 Å². The Bertz CT molecular complexity index is 200. The van der Waals surface area contributed by atoms with Crippen molar-refractivity contribution in [3.8, 4) is 0 Å². The standard InChI is InChI=1S/C7H18N2O3S/c1-3-7(10,9-8-4-2)5-6-13(11)12/h8-10,13H,3-6H2,1-2H3. The monoisotopic (exact) mass is 210 g/mol. The van der Waals surface area contributed by atoms with E-state index < -0.39 is 16.4 Å². The van der Waals surface area contributed by atoms with Gasteiger partial charge in [-0.2, -0.15) is 0 Å². The molecule has 0 aliphatic heterocycles. The lowest BCUT2D eigenvalue weighted by Gasteiger charge is -2.27. The SMILES string of the molecule is CCNNC(O)(CC)CC[SH](=O)=O. The molecule has 0 radical (unpaired) electrons. The summed E-state index contributed by atoms with van der Waals surface area (Å²) in [5.74, 6) is -0.00192. The molecule has 0 heterocycles. The molecule has 80 valence electrons. The zero-order valence-corrected chi connectivity index (χ0v) is 8.93. The first-order valence-electron chi connectivity index (χ1n) is 4.38. The van der Waals surface area contributed by atoms with E-state index >= 15 is 0 Å². The maximum atomic E-state index is 10.3. The van der Waals surface area contributed by atoms with Crippen LogP contribution in [0.2, 0.25) is 0 Å². The van der Waals surface area contributed by atoms with Crippen LogP contribution < -0.4 is 10.9 Å². The van der Waals surface area contributed by atoms with Gasteiger partial charge >= 0.3 is 0 Å². The molecule has 5 nitrogen and oxygen atoms in total. The summed E-state index contributed by atoms with van der Waals surface area (Å²) >= 11 is 0. The van der Waals surface area contributed by atoms with Gasteiger partial charge in [-0.3, -0.25) is 5.43 Å². The van der Waals surface area contributed by atoms with Crippen molar-refractivity contribution in [1.29, 1.82) is 0 Å². The highest BCUT2D eigenvalue weighted by molar-refractivity contribution is 7.72. The summed E-state index contributed by atoms with van der Waals surface area (Å²) in [5.41, 5.74) is 4.34. The van der Waals surface area contributed by atoms with Gasteiger partial charge in [-0.1, -0.05) is 13.8 Å². The fourth-order valence-electron chi connectivity index (χ4n) is 0.857. The Balaban J connectivity index is 3.94. The van der Waals surface area contributed by atoms with Gasteiger partial charge in [-0.05, 0) is 6.42 Å². The van der Waals surface area contributed by atoms with Gasteiger partial charge in [-0.25, -0.2) is 13.8 Å². The van der Waals surface area contributed by atoms with Crippen molar-refractivity contribution >= 4 is 10.7 Å². The average Bonchev–Trinajstić information content (AvgIpc) is 2.11. The van der Waals surface area contributed by atoms with Crippen molar-refractivity contribution in [3.63, 3.8) is 0 Å². The molecule has 0 aliphatic carbocycles. The summed E-state index contributed by atoms with van der Waals surface area (Å²) in [6.45, 7) is 4.35. The molecule has 0 bridgehead atoms. The zero-order valence-electron chi connectivity index (χ0n) is 8.04. The number of hydrogen-bond donors (Lipinski definition) is 4. The van der Waals surface area contributed by atoms with Crippen LogP contribution in [0.25, 0.3) is 0 Å². The highest BCUT2D eigenvalue weighted by atomic mass is 32.2. The molecule has 0 aliphatic rings. The van der Waals surface area contributed by atoms with Gasteiger partial charge in [0.1, 0.15) is 16.4 Å². The third-order valence-corrected chi connectivity index (χ3v) is 2.38. The van der Waals surface area contributed by atoms with Gasteiger partial charge < -0.3 is 5.11 Å². The number of hydrogen-bond acceptors (Lipinski definition) is 5. The summed E-state index contributed by atoms with van der Waals surface area (Å²) in [7, 11) is -2.41. The number of aliphatic hydroxyl groups is 1. The molecule has 0 saturated carbocycles. The molecule has 3 N–H and O–H groups in total. The molecule has 0 aromatic heterocycles. The third kappa shape index (κ3) is 5.98. The Morgan fingerprint density at radius 1 is 1.38 bits per heavy atom. The summed E-state index contributed by atoms with van der Waals surface area (Å²) in [4.78, 5) is 0. The second kappa shape index (κ2) is 6.31. The normalized spacial score (nSPS) is 16.0. The van der Waals surface area contributed by atoms with Crippen molar-refractivity contribution in [2.24, 2.45) is 0 Å². The molecule has 0 fully saturated rings. The first-order chi connectivity index (χ1) is 6.04. The van der Waals surface area contributed by atoms with Crippen LogP contribution in [0.3, 0.4) is 0 Å². The molecule has 0 spiro atoms. The van der Waals surface area contributed by atoms with Crippen LogP contribution in [-0.2, 0) is 10.7 Å². The second-order valence-electron chi connectivity index (χ2n) is 2.85. The van der Waals surface area contributed by atoms with Crippen molar-refractivity contribution in [2.45, 2.75) is 32.4 Å². The minimum atomic E-state index is -2.41. The molecule has 1 atom stereocenters. The van der Waals surface area contributed by atoms with Crippen LogP contribution in [0.1, 0.15) is 26.7 Å². The van der Waals surface area contributed by atoms with E-state index in [0.717, 1.165) is 0 Å². The van der Waals surface area contributed by atoms with E-state index in [9.17, 15) is 13.5 Å². The quantitative estimate of drug-likeness (QED) is 0.251. The predicted molar refractivity (Wildman–Crippen MR) is 51.9 cm³/mol. The maximum Gasteiger partial charge on any atom is 0.140 e. The van der Waals surface area contributed by atoms with Crippen molar-refractivity contribution in [1.82, 2.24) is 10.9 Å². The summed E-state index contributed by atoms with van der Waals surface area (Å²) < 4.78 is 20.6. The summed E-state index contributed by atoms with van der Waals surface area (Å²) in [5, 5.41) is 9.76. The average molecular weight is 210 g/mol. The van der Waals surface area contributed by atoms with E-state index in [1.54, 1.807) is 6.92 Å². The van der Waals surface area contributed by atoms with E-state index in [1.165, 1.54) is 0 Å². The van der Waals surface area contributed by atoms with Gasteiger partial charge in [-0.15, -0.1) is 0 Å². The Hall–Kier alpha value is -0.170. The van der Waals surface area contributed by atoms with Crippen LogP contribution in [0.5, 0.6) is 0 Å². The van der Waals surface area contributed by atoms with Gasteiger partial charge in [0.15, 0.2) is 0 Å². The number of thiol groups is 1. The first kappa shape index (κ1) is 12.8. The molecular weight excluding hydrogens is 192 g/mol. The van der Waals surface area contributed by atoms with Gasteiger partial charge in [0.2, 0.25) is 0 Å². The number of rotatable bonds is 7. The third-order valence-electron chi connectivity index (χ3n) is 1.79. The maximum absolute atomic E-state index is 10.3. The first-order valence-corrected chi connectivity index (χ1v) is 5.74. The molecule has 13 heavy (non-hydrogen) atoms. The van der Waals surface area contributed by atoms with Crippen molar-refractivity contribution in [2.75, 3.05) is 12.3 Å². The van der Waals surface area contributed by atoms with Gasteiger partial charge in [0, 0.05) is 13.0 Å². The van der Waals surface area contributed by atoms with Crippen LogP contribution in [-0.4, -0.2) is 31.5 Å². The fourth-order valence-corrected chi connectivity index (χ4v) is 1.41. The lowest BCUT2D eigenvalue weighted by molar-refractivity contribution is -0.0146. The number of nitrogens with one attached hydrogen (secondary N) is 2. The lowest BCUT2D eigenvalue weighted by Crippen LogP contribution is -2.52. The van der Waals surface area contributed by atoms with Gasteiger partial charge in [0.25, 0.3) is 0 Å². The molecular formula is C7H18N2O3S. The molecule has 0 saturated heterocycles.